The molecule has 1 aromatic carbocycles. The lowest BCUT2D eigenvalue weighted by atomic mass is 9.95. The molecule has 0 amide bonds. The topological polar surface area (TPSA) is 49.9 Å². The number of hydrogen-bond acceptors (Lipinski definition) is 4. The molecule has 5 nitrogen and oxygen atoms in total. The second-order valence-corrected chi connectivity index (χ2v) is 9.97. The molecule has 0 unspecified atom stereocenters. The number of likely N-dealkylation sites (tertiary alicyclic amines) is 1. The molecule has 2 heterocycles. The minimum absolute atomic E-state index is 0.245. The van der Waals surface area contributed by atoms with Crippen molar-refractivity contribution in [2.45, 2.75) is 43.5 Å². The number of methoxy groups -OCH3 is 1. The Morgan fingerprint density at radius 1 is 1.08 bits per heavy atom. The van der Waals surface area contributed by atoms with Gasteiger partial charge in [0.25, 0.3) is 0 Å². The molecule has 2 saturated heterocycles. The summed E-state index contributed by atoms with van der Waals surface area (Å²) in [6, 6.07) is 5.63. The molecule has 2 aliphatic heterocycles. The van der Waals surface area contributed by atoms with Crippen LogP contribution in [0, 0.1) is 5.92 Å². The number of piperidine rings is 2. The van der Waals surface area contributed by atoms with E-state index < -0.39 is 10.0 Å². The lowest BCUT2D eigenvalue weighted by Crippen LogP contribution is -2.48. The molecule has 3 rings (SSSR count). The summed E-state index contributed by atoms with van der Waals surface area (Å²) >= 11 is 3.36. The Balaban J connectivity index is 1.69. The molecule has 25 heavy (non-hydrogen) atoms. The summed E-state index contributed by atoms with van der Waals surface area (Å²) in [4.78, 5) is 2.80. The third-order valence-corrected chi connectivity index (χ3v) is 7.91. The van der Waals surface area contributed by atoms with Crippen LogP contribution in [0.1, 0.15) is 32.6 Å². The summed E-state index contributed by atoms with van der Waals surface area (Å²) in [6.45, 7) is 5.78. The first-order valence-corrected chi connectivity index (χ1v) is 11.2. The Bertz CT molecular complexity index is 694. The van der Waals surface area contributed by atoms with Gasteiger partial charge in [0.2, 0.25) is 10.0 Å². The van der Waals surface area contributed by atoms with E-state index in [0.29, 0.717) is 24.9 Å². The minimum Gasteiger partial charge on any atom is -0.495 e. The number of ether oxygens (including phenoxy) is 1. The summed E-state index contributed by atoms with van der Waals surface area (Å²) in [5.74, 6) is 1.22. The van der Waals surface area contributed by atoms with E-state index in [-0.39, 0.29) is 4.90 Å². The highest BCUT2D eigenvalue weighted by atomic mass is 79.9. The zero-order valence-electron chi connectivity index (χ0n) is 14.9. The van der Waals surface area contributed by atoms with Crippen LogP contribution in [0.3, 0.4) is 0 Å². The molecule has 2 aliphatic rings. The summed E-state index contributed by atoms with van der Waals surface area (Å²) in [7, 11) is -2.02. The SMILES string of the molecule is COc1ccc(Br)cc1S(=O)(=O)N1CCC(N2CCC(C)CC2)CC1. The zero-order chi connectivity index (χ0) is 18.0. The molecular formula is C18H27BrN2O3S. The minimum atomic E-state index is -3.53. The number of sulfonamides is 1. The Morgan fingerprint density at radius 2 is 1.72 bits per heavy atom. The largest absolute Gasteiger partial charge is 0.495 e. The van der Waals surface area contributed by atoms with Gasteiger partial charge in [-0.25, -0.2) is 8.42 Å². The van der Waals surface area contributed by atoms with Crippen LogP contribution >= 0.6 is 15.9 Å². The Hall–Kier alpha value is -0.630. The van der Waals surface area contributed by atoms with Gasteiger partial charge in [-0.1, -0.05) is 22.9 Å². The van der Waals surface area contributed by atoms with Crippen LogP contribution < -0.4 is 4.74 Å². The van der Waals surface area contributed by atoms with Gasteiger partial charge in [0.15, 0.2) is 0 Å². The second-order valence-electron chi connectivity index (χ2n) is 7.15. The highest BCUT2D eigenvalue weighted by molar-refractivity contribution is 9.10. The van der Waals surface area contributed by atoms with E-state index in [1.54, 1.807) is 22.5 Å². The molecule has 7 heteroatoms. The standard InChI is InChI=1S/C18H27BrN2O3S/c1-14-5-9-20(10-6-14)16-7-11-21(12-8-16)25(22,23)18-13-15(19)3-4-17(18)24-2/h3-4,13-14,16H,5-12H2,1-2H3. The molecule has 0 bridgehead atoms. The number of benzene rings is 1. The van der Waals surface area contributed by atoms with Gasteiger partial charge >= 0.3 is 0 Å². The van der Waals surface area contributed by atoms with Crippen LogP contribution in [0.4, 0.5) is 0 Å². The number of rotatable bonds is 4. The Labute approximate surface area is 159 Å². The normalized spacial score (nSPS) is 22.2. The number of hydrogen-bond donors (Lipinski definition) is 0. The maximum atomic E-state index is 13.1. The monoisotopic (exact) mass is 430 g/mol. The lowest BCUT2D eigenvalue weighted by Gasteiger charge is -2.41. The van der Waals surface area contributed by atoms with Crippen molar-refractivity contribution in [3.8, 4) is 5.75 Å². The summed E-state index contributed by atoms with van der Waals surface area (Å²) in [5.41, 5.74) is 0. The van der Waals surface area contributed by atoms with Gasteiger partial charge in [0, 0.05) is 23.6 Å². The summed E-state index contributed by atoms with van der Waals surface area (Å²) < 4.78 is 33.7. The fourth-order valence-corrected chi connectivity index (χ4v) is 6.00. The van der Waals surface area contributed by atoms with Crippen LogP contribution in [0.2, 0.25) is 0 Å². The van der Waals surface area contributed by atoms with Gasteiger partial charge in [0.05, 0.1) is 7.11 Å². The van der Waals surface area contributed by atoms with Crippen LogP contribution in [0.25, 0.3) is 0 Å². The quantitative estimate of drug-likeness (QED) is 0.734. The first-order valence-electron chi connectivity index (χ1n) is 8.99. The molecule has 140 valence electrons. The zero-order valence-corrected chi connectivity index (χ0v) is 17.4. The van der Waals surface area contributed by atoms with Crippen LogP contribution in [0.5, 0.6) is 5.75 Å². The molecule has 0 atom stereocenters. The van der Waals surface area contributed by atoms with Crippen molar-refractivity contribution in [3.63, 3.8) is 0 Å². The van der Waals surface area contributed by atoms with E-state index in [9.17, 15) is 8.42 Å². The van der Waals surface area contributed by atoms with E-state index in [1.807, 2.05) is 0 Å². The predicted octanol–water partition coefficient (Wildman–Crippen LogP) is 3.34. The average molecular weight is 431 g/mol. The molecule has 0 aromatic heterocycles. The van der Waals surface area contributed by atoms with E-state index in [4.69, 9.17) is 4.74 Å². The van der Waals surface area contributed by atoms with Crippen molar-refractivity contribution in [2.75, 3.05) is 33.3 Å². The number of halogens is 1. The Morgan fingerprint density at radius 3 is 2.32 bits per heavy atom. The fraction of sp³-hybridized carbons (Fsp3) is 0.667. The van der Waals surface area contributed by atoms with Crippen molar-refractivity contribution in [2.24, 2.45) is 5.92 Å². The Kier molecular flexibility index (Phi) is 6.08. The second kappa shape index (κ2) is 7.94. The van der Waals surface area contributed by atoms with Gasteiger partial charge in [-0.05, 0) is 62.9 Å². The maximum absolute atomic E-state index is 13.1. The first kappa shape index (κ1) is 19.1. The van der Waals surface area contributed by atoms with Crippen LogP contribution in [-0.2, 0) is 10.0 Å². The van der Waals surface area contributed by atoms with Crippen molar-refractivity contribution in [3.05, 3.63) is 22.7 Å². The van der Waals surface area contributed by atoms with E-state index in [1.165, 1.54) is 20.0 Å². The first-order chi connectivity index (χ1) is 11.9. The van der Waals surface area contributed by atoms with Crippen molar-refractivity contribution < 1.29 is 13.2 Å². The van der Waals surface area contributed by atoms with E-state index in [0.717, 1.165) is 36.3 Å². The van der Waals surface area contributed by atoms with Crippen LogP contribution in [0.15, 0.2) is 27.6 Å². The van der Waals surface area contributed by atoms with Gasteiger partial charge in [-0.3, -0.25) is 0 Å². The van der Waals surface area contributed by atoms with E-state index >= 15 is 0 Å². The molecular weight excluding hydrogens is 404 g/mol. The lowest BCUT2D eigenvalue weighted by molar-refractivity contribution is 0.101. The molecule has 0 aliphatic carbocycles. The van der Waals surface area contributed by atoms with Gasteiger partial charge < -0.3 is 9.64 Å². The van der Waals surface area contributed by atoms with Gasteiger partial charge in [0.1, 0.15) is 10.6 Å². The van der Waals surface area contributed by atoms with Crippen molar-refractivity contribution in [1.29, 1.82) is 0 Å². The smallest absolute Gasteiger partial charge is 0.246 e. The van der Waals surface area contributed by atoms with E-state index in [2.05, 4.69) is 27.8 Å². The molecule has 0 radical (unpaired) electrons. The highest BCUT2D eigenvalue weighted by Crippen LogP contribution is 2.32. The van der Waals surface area contributed by atoms with Gasteiger partial charge in [-0.2, -0.15) is 4.31 Å². The van der Waals surface area contributed by atoms with Crippen molar-refractivity contribution in [1.82, 2.24) is 9.21 Å². The number of nitrogens with zero attached hydrogens (tertiary/aromatic N) is 2. The fourth-order valence-electron chi connectivity index (χ4n) is 3.83. The van der Waals surface area contributed by atoms with Crippen LogP contribution in [-0.4, -0.2) is 57.0 Å². The summed E-state index contributed by atoms with van der Waals surface area (Å²) in [6.07, 6.45) is 4.33. The van der Waals surface area contributed by atoms with Crippen molar-refractivity contribution >= 4 is 26.0 Å². The molecule has 0 spiro atoms. The summed E-state index contributed by atoms with van der Waals surface area (Å²) in [5, 5.41) is 0. The highest BCUT2D eigenvalue weighted by Gasteiger charge is 2.34. The maximum Gasteiger partial charge on any atom is 0.246 e. The third-order valence-electron chi connectivity index (χ3n) is 5.50. The molecule has 0 N–H and O–H groups in total. The molecule has 0 saturated carbocycles. The molecule has 2 fully saturated rings. The predicted molar refractivity (Wildman–Crippen MR) is 102 cm³/mol. The molecule has 1 aromatic rings. The third kappa shape index (κ3) is 4.21. The average Bonchev–Trinajstić information content (AvgIpc) is 2.62. The van der Waals surface area contributed by atoms with Gasteiger partial charge in [-0.15, -0.1) is 0 Å².